The third-order valence-corrected chi connectivity index (χ3v) is 2.45. The predicted molar refractivity (Wildman–Crippen MR) is 62.7 cm³/mol. The normalized spacial score (nSPS) is 13.5. The van der Waals surface area contributed by atoms with Crippen LogP contribution in [-0.2, 0) is 6.18 Å². The molecule has 0 aromatic heterocycles. The lowest BCUT2D eigenvalue weighted by atomic mass is 10.1. The average molecular weight is 243 g/mol. The molecule has 0 radical (unpaired) electrons. The first kappa shape index (κ1) is 13.8. The molecule has 1 aromatic rings. The number of nitrogens with one attached hydrogen (secondary N) is 1. The van der Waals surface area contributed by atoms with Gasteiger partial charge in [-0.2, -0.15) is 13.2 Å². The lowest BCUT2D eigenvalue weighted by Crippen LogP contribution is -2.20. The minimum absolute atomic E-state index is 0.00832. The summed E-state index contributed by atoms with van der Waals surface area (Å²) in [6, 6.07) is 5.22. The van der Waals surface area contributed by atoms with Gasteiger partial charge >= 0.3 is 6.18 Å². The van der Waals surface area contributed by atoms with Gasteiger partial charge in [0.2, 0.25) is 0 Å². The SMILES string of the molecule is C=C(C)CNC(C)c1ccc(C(F)(F)F)cc1. The van der Waals surface area contributed by atoms with Gasteiger partial charge in [-0.1, -0.05) is 24.3 Å². The van der Waals surface area contributed by atoms with Crippen molar-refractivity contribution < 1.29 is 13.2 Å². The van der Waals surface area contributed by atoms with Gasteiger partial charge in [0.25, 0.3) is 0 Å². The van der Waals surface area contributed by atoms with Gasteiger partial charge < -0.3 is 5.32 Å². The Morgan fingerprint density at radius 1 is 1.29 bits per heavy atom. The van der Waals surface area contributed by atoms with Crippen LogP contribution >= 0.6 is 0 Å². The summed E-state index contributed by atoms with van der Waals surface area (Å²) in [6.07, 6.45) is -4.27. The van der Waals surface area contributed by atoms with Crippen molar-refractivity contribution in [3.05, 3.63) is 47.5 Å². The fourth-order valence-corrected chi connectivity index (χ4v) is 1.41. The number of benzene rings is 1. The summed E-state index contributed by atoms with van der Waals surface area (Å²) in [4.78, 5) is 0. The molecule has 0 fully saturated rings. The molecule has 4 heteroatoms. The average Bonchev–Trinajstić information content (AvgIpc) is 2.25. The number of alkyl halides is 3. The highest BCUT2D eigenvalue weighted by molar-refractivity contribution is 5.26. The van der Waals surface area contributed by atoms with E-state index in [1.807, 2.05) is 13.8 Å². The molecular weight excluding hydrogens is 227 g/mol. The van der Waals surface area contributed by atoms with E-state index in [0.717, 1.165) is 23.3 Å². The highest BCUT2D eigenvalue weighted by Crippen LogP contribution is 2.29. The highest BCUT2D eigenvalue weighted by atomic mass is 19.4. The third kappa shape index (κ3) is 4.23. The largest absolute Gasteiger partial charge is 0.416 e. The second kappa shape index (κ2) is 5.36. The zero-order chi connectivity index (χ0) is 13.1. The van der Waals surface area contributed by atoms with Crippen LogP contribution in [0, 0.1) is 0 Å². The Labute approximate surface area is 99.3 Å². The van der Waals surface area contributed by atoms with Gasteiger partial charge in [0.05, 0.1) is 5.56 Å². The first-order chi connectivity index (χ1) is 7.80. The molecule has 94 valence electrons. The zero-order valence-corrected chi connectivity index (χ0v) is 9.93. The first-order valence-corrected chi connectivity index (χ1v) is 5.35. The Bertz CT molecular complexity index is 379. The van der Waals surface area contributed by atoms with Crippen molar-refractivity contribution in [1.82, 2.24) is 5.32 Å². The van der Waals surface area contributed by atoms with E-state index in [1.54, 1.807) is 0 Å². The van der Waals surface area contributed by atoms with Crippen molar-refractivity contribution in [3.8, 4) is 0 Å². The molecule has 1 unspecified atom stereocenters. The van der Waals surface area contributed by atoms with E-state index in [0.29, 0.717) is 6.54 Å². The standard InChI is InChI=1S/C13H16F3N/c1-9(2)8-17-10(3)11-4-6-12(7-5-11)13(14,15)16/h4-7,10,17H,1,8H2,2-3H3. The first-order valence-electron chi connectivity index (χ1n) is 5.35. The second-order valence-electron chi connectivity index (χ2n) is 4.18. The van der Waals surface area contributed by atoms with Crippen LogP contribution in [0.4, 0.5) is 13.2 Å². The summed E-state index contributed by atoms with van der Waals surface area (Å²) < 4.78 is 37.0. The van der Waals surface area contributed by atoms with Crippen LogP contribution in [-0.4, -0.2) is 6.54 Å². The fraction of sp³-hybridized carbons (Fsp3) is 0.385. The fourth-order valence-electron chi connectivity index (χ4n) is 1.41. The lowest BCUT2D eigenvalue weighted by Gasteiger charge is -2.15. The van der Waals surface area contributed by atoms with Gasteiger partial charge in [0, 0.05) is 12.6 Å². The molecule has 1 atom stereocenters. The van der Waals surface area contributed by atoms with Crippen LogP contribution in [0.1, 0.15) is 31.0 Å². The molecule has 0 aliphatic rings. The maximum absolute atomic E-state index is 12.3. The minimum atomic E-state index is -4.27. The maximum Gasteiger partial charge on any atom is 0.416 e. The topological polar surface area (TPSA) is 12.0 Å². The van der Waals surface area contributed by atoms with E-state index >= 15 is 0 Å². The number of hydrogen-bond acceptors (Lipinski definition) is 1. The molecular formula is C13H16F3N. The summed E-state index contributed by atoms with van der Waals surface area (Å²) >= 11 is 0. The molecule has 0 heterocycles. The molecule has 1 aromatic carbocycles. The van der Waals surface area contributed by atoms with Crippen LogP contribution < -0.4 is 5.32 Å². The van der Waals surface area contributed by atoms with Gasteiger partial charge in [-0.05, 0) is 31.5 Å². The molecule has 0 bridgehead atoms. The minimum Gasteiger partial charge on any atom is -0.306 e. The molecule has 0 aliphatic heterocycles. The number of rotatable bonds is 4. The van der Waals surface area contributed by atoms with Crippen molar-refractivity contribution >= 4 is 0 Å². The quantitative estimate of drug-likeness (QED) is 0.790. The maximum atomic E-state index is 12.3. The van der Waals surface area contributed by atoms with Crippen LogP contribution in [0.25, 0.3) is 0 Å². The summed E-state index contributed by atoms with van der Waals surface area (Å²) in [7, 11) is 0. The molecule has 17 heavy (non-hydrogen) atoms. The highest BCUT2D eigenvalue weighted by Gasteiger charge is 2.30. The summed E-state index contributed by atoms with van der Waals surface area (Å²) in [5.41, 5.74) is 1.20. The zero-order valence-electron chi connectivity index (χ0n) is 9.93. The van der Waals surface area contributed by atoms with Crippen LogP contribution in [0.15, 0.2) is 36.4 Å². The Hall–Kier alpha value is -1.29. The predicted octanol–water partition coefficient (Wildman–Crippen LogP) is 3.93. The number of halogens is 3. The van der Waals surface area contributed by atoms with Gasteiger partial charge in [-0.25, -0.2) is 0 Å². The van der Waals surface area contributed by atoms with Crippen LogP contribution in [0.2, 0.25) is 0 Å². The van der Waals surface area contributed by atoms with Crippen molar-refractivity contribution in [3.63, 3.8) is 0 Å². The third-order valence-electron chi connectivity index (χ3n) is 2.45. The van der Waals surface area contributed by atoms with E-state index in [2.05, 4.69) is 11.9 Å². The van der Waals surface area contributed by atoms with Gasteiger partial charge in [-0.3, -0.25) is 0 Å². The molecule has 0 amide bonds. The van der Waals surface area contributed by atoms with E-state index in [9.17, 15) is 13.2 Å². The smallest absolute Gasteiger partial charge is 0.306 e. The van der Waals surface area contributed by atoms with E-state index in [4.69, 9.17) is 0 Å². The van der Waals surface area contributed by atoms with Crippen molar-refractivity contribution in [1.29, 1.82) is 0 Å². The van der Waals surface area contributed by atoms with Crippen LogP contribution in [0.3, 0.4) is 0 Å². The summed E-state index contributed by atoms with van der Waals surface area (Å²) in [5.74, 6) is 0. The summed E-state index contributed by atoms with van der Waals surface area (Å²) in [5, 5.41) is 3.18. The Morgan fingerprint density at radius 3 is 2.24 bits per heavy atom. The Kier molecular flexibility index (Phi) is 4.34. The van der Waals surface area contributed by atoms with E-state index in [-0.39, 0.29) is 6.04 Å². The molecule has 1 N–H and O–H groups in total. The second-order valence-corrected chi connectivity index (χ2v) is 4.18. The van der Waals surface area contributed by atoms with E-state index < -0.39 is 11.7 Å². The monoisotopic (exact) mass is 243 g/mol. The van der Waals surface area contributed by atoms with Crippen LogP contribution in [0.5, 0.6) is 0 Å². The summed E-state index contributed by atoms with van der Waals surface area (Å²) in [6.45, 7) is 8.21. The Balaban J connectivity index is 2.70. The molecule has 1 rings (SSSR count). The van der Waals surface area contributed by atoms with Crippen molar-refractivity contribution in [2.45, 2.75) is 26.1 Å². The van der Waals surface area contributed by atoms with Crippen molar-refractivity contribution in [2.24, 2.45) is 0 Å². The molecule has 0 saturated carbocycles. The van der Waals surface area contributed by atoms with Crippen molar-refractivity contribution in [2.75, 3.05) is 6.54 Å². The van der Waals surface area contributed by atoms with E-state index in [1.165, 1.54) is 12.1 Å². The molecule has 1 nitrogen and oxygen atoms in total. The van der Waals surface area contributed by atoms with Gasteiger partial charge in [0.15, 0.2) is 0 Å². The lowest BCUT2D eigenvalue weighted by molar-refractivity contribution is -0.137. The molecule has 0 spiro atoms. The van der Waals surface area contributed by atoms with Gasteiger partial charge in [0.1, 0.15) is 0 Å². The molecule has 0 saturated heterocycles. The Morgan fingerprint density at radius 2 is 1.82 bits per heavy atom. The van der Waals surface area contributed by atoms with Gasteiger partial charge in [-0.15, -0.1) is 0 Å². The molecule has 0 aliphatic carbocycles. The number of hydrogen-bond donors (Lipinski definition) is 1.